The second-order valence-corrected chi connectivity index (χ2v) is 4.86. The Morgan fingerprint density at radius 2 is 2.47 bits per heavy atom. The zero-order valence-electron chi connectivity index (χ0n) is 10.7. The topological polar surface area (TPSA) is 37.0 Å². The molecule has 0 spiro atoms. The van der Waals surface area contributed by atoms with Crippen molar-refractivity contribution >= 4 is 0 Å². The van der Waals surface area contributed by atoms with E-state index < -0.39 is 0 Å². The number of ether oxygens (including phenoxy) is 1. The Kier molecular flexibility index (Phi) is 5.08. The average Bonchev–Trinajstić information content (AvgIpc) is 2.89. The zero-order chi connectivity index (χ0) is 11.9. The molecule has 3 nitrogen and oxygen atoms in total. The fraction of sp³-hybridized carbons (Fsp3) is 0.714. The van der Waals surface area contributed by atoms with Crippen molar-refractivity contribution in [2.24, 2.45) is 0 Å². The van der Waals surface area contributed by atoms with Crippen LogP contribution in [0.3, 0.4) is 0 Å². The summed E-state index contributed by atoms with van der Waals surface area (Å²) < 4.78 is 5.83. The molecule has 2 N–H and O–H groups in total. The first-order chi connectivity index (χ1) is 8.40. The Morgan fingerprint density at radius 3 is 3.12 bits per heavy atom. The average molecular weight is 236 g/mol. The third-order valence-corrected chi connectivity index (χ3v) is 3.41. The van der Waals surface area contributed by atoms with Gasteiger partial charge < -0.3 is 15.0 Å². The Morgan fingerprint density at radius 1 is 1.53 bits per heavy atom. The number of hydrogen-bond acceptors (Lipinski definition) is 2. The summed E-state index contributed by atoms with van der Waals surface area (Å²) in [6, 6.07) is 4.64. The summed E-state index contributed by atoms with van der Waals surface area (Å²) in [6.07, 6.45) is 8.44. The van der Waals surface area contributed by atoms with Gasteiger partial charge in [0.2, 0.25) is 0 Å². The SMILES string of the molecule is CCCNC(CC1CCCCO1)c1ccc[nH]1. The van der Waals surface area contributed by atoms with Crippen molar-refractivity contribution < 1.29 is 4.74 Å². The lowest BCUT2D eigenvalue weighted by atomic mass is 10.00. The third kappa shape index (κ3) is 3.86. The molecule has 0 amide bonds. The summed E-state index contributed by atoms with van der Waals surface area (Å²) in [5, 5.41) is 3.61. The van der Waals surface area contributed by atoms with Gasteiger partial charge in [0.25, 0.3) is 0 Å². The molecule has 1 aromatic rings. The lowest BCUT2D eigenvalue weighted by Crippen LogP contribution is -2.29. The predicted octanol–water partition coefficient (Wildman–Crippen LogP) is 3.01. The normalized spacial score (nSPS) is 22.5. The standard InChI is InChI=1S/C14H24N2O/c1-2-8-15-14(13-7-5-9-16-13)11-12-6-3-4-10-17-12/h5,7,9,12,14-16H,2-4,6,8,10-11H2,1H3. The maximum Gasteiger partial charge on any atom is 0.0593 e. The molecule has 1 aromatic heterocycles. The molecule has 1 fully saturated rings. The quantitative estimate of drug-likeness (QED) is 0.796. The summed E-state index contributed by atoms with van der Waals surface area (Å²) in [5.41, 5.74) is 1.28. The molecule has 1 aliphatic rings. The van der Waals surface area contributed by atoms with Crippen LogP contribution in [0.25, 0.3) is 0 Å². The maximum absolute atomic E-state index is 5.83. The van der Waals surface area contributed by atoms with Gasteiger partial charge in [0.1, 0.15) is 0 Å². The number of aromatic nitrogens is 1. The van der Waals surface area contributed by atoms with Crippen molar-refractivity contribution in [3.63, 3.8) is 0 Å². The van der Waals surface area contributed by atoms with Gasteiger partial charge in [0.15, 0.2) is 0 Å². The first-order valence-electron chi connectivity index (χ1n) is 6.88. The van der Waals surface area contributed by atoms with Crippen molar-refractivity contribution in [3.05, 3.63) is 24.0 Å². The molecule has 2 heterocycles. The zero-order valence-corrected chi connectivity index (χ0v) is 10.7. The molecular weight excluding hydrogens is 212 g/mol. The van der Waals surface area contributed by atoms with Gasteiger partial charge in [-0.05, 0) is 50.8 Å². The largest absolute Gasteiger partial charge is 0.378 e. The van der Waals surface area contributed by atoms with Crippen LogP contribution in [0.5, 0.6) is 0 Å². The van der Waals surface area contributed by atoms with Crippen LogP contribution in [0, 0.1) is 0 Å². The van der Waals surface area contributed by atoms with Gasteiger partial charge in [-0.25, -0.2) is 0 Å². The Labute approximate surface area is 104 Å². The Hall–Kier alpha value is -0.800. The van der Waals surface area contributed by atoms with Crippen molar-refractivity contribution in [1.29, 1.82) is 0 Å². The number of aromatic amines is 1. The third-order valence-electron chi connectivity index (χ3n) is 3.41. The highest BCUT2D eigenvalue weighted by molar-refractivity contribution is 5.09. The molecule has 2 atom stereocenters. The number of hydrogen-bond donors (Lipinski definition) is 2. The summed E-state index contributed by atoms with van der Waals surface area (Å²) in [5.74, 6) is 0. The summed E-state index contributed by atoms with van der Waals surface area (Å²) >= 11 is 0. The van der Waals surface area contributed by atoms with E-state index >= 15 is 0 Å². The van der Waals surface area contributed by atoms with Gasteiger partial charge in [-0.3, -0.25) is 0 Å². The predicted molar refractivity (Wildman–Crippen MR) is 70.0 cm³/mol. The Bertz CT molecular complexity index is 291. The van der Waals surface area contributed by atoms with Crippen LogP contribution in [0.2, 0.25) is 0 Å². The second-order valence-electron chi connectivity index (χ2n) is 4.86. The van der Waals surface area contributed by atoms with E-state index in [4.69, 9.17) is 4.74 Å². The van der Waals surface area contributed by atoms with Gasteiger partial charge in [-0.15, -0.1) is 0 Å². The first-order valence-corrected chi connectivity index (χ1v) is 6.88. The highest BCUT2D eigenvalue weighted by Crippen LogP contribution is 2.24. The van der Waals surface area contributed by atoms with E-state index in [1.165, 1.54) is 31.4 Å². The summed E-state index contributed by atoms with van der Waals surface area (Å²) in [7, 11) is 0. The van der Waals surface area contributed by atoms with Crippen molar-refractivity contribution in [1.82, 2.24) is 10.3 Å². The molecule has 0 bridgehead atoms. The van der Waals surface area contributed by atoms with Crippen molar-refractivity contribution in [2.45, 2.75) is 51.2 Å². The lowest BCUT2D eigenvalue weighted by molar-refractivity contribution is 0.00482. The fourth-order valence-corrected chi connectivity index (χ4v) is 2.46. The molecule has 1 saturated heterocycles. The lowest BCUT2D eigenvalue weighted by Gasteiger charge is -2.27. The van der Waals surface area contributed by atoms with Crippen LogP contribution in [-0.4, -0.2) is 24.2 Å². The van der Waals surface area contributed by atoms with E-state index in [-0.39, 0.29) is 0 Å². The second kappa shape index (κ2) is 6.82. The Balaban J connectivity index is 1.90. The van der Waals surface area contributed by atoms with E-state index in [9.17, 15) is 0 Å². The van der Waals surface area contributed by atoms with Gasteiger partial charge in [-0.1, -0.05) is 6.92 Å². The fourth-order valence-electron chi connectivity index (χ4n) is 2.46. The highest BCUT2D eigenvalue weighted by Gasteiger charge is 2.20. The minimum atomic E-state index is 0.410. The van der Waals surface area contributed by atoms with E-state index in [0.717, 1.165) is 19.6 Å². The molecule has 0 aliphatic carbocycles. The minimum Gasteiger partial charge on any atom is -0.378 e. The molecule has 1 aliphatic heterocycles. The molecule has 3 heteroatoms. The molecule has 0 saturated carbocycles. The maximum atomic E-state index is 5.83. The molecule has 2 rings (SSSR count). The summed E-state index contributed by atoms with van der Waals surface area (Å²) in [4.78, 5) is 3.32. The molecule has 17 heavy (non-hydrogen) atoms. The minimum absolute atomic E-state index is 0.410. The van der Waals surface area contributed by atoms with Gasteiger partial charge in [-0.2, -0.15) is 0 Å². The molecule has 0 radical (unpaired) electrons. The molecule has 0 aromatic carbocycles. The van der Waals surface area contributed by atoms with E-state index in [2.05, 4.69) is 29.4 Å². The summed E-state index contributed by atoms with van der Waals surface area (Å²) in [6.45, 7) is 4.21. The van der Waals surface area contributed by atoms with Crippen LogP contribution in [-0.2, 0) is 4.74 Å². The van der Waals surface area contributed by atoms with Crippen molar-refractivity contribution in [3.8, 4) is 0 Å². The van der Waals surface area contributed by atoms with Crippen LogP contribution >= 0.6 is 0 Å². The monoisotopic (exact) mass is 236 g/mol. The van der Waals surface area contributed by atoms with E-state index in [1.54, 1.807) is 0 Å². The number of nitrogens with one attached hydrogen (secondary N) is 2. The van der Waals surface area contributed by atoms with E-state index in [0.29, 0.717) is 12.1 Å². The van der Waals surface area contributed by atoms with Crippen molar-refractivity contribution in [2.75, 3.05) is 13.2 Å². The molecule has 2 unspecified atom stereocenters. The van der Waals surface area contributed by atoms with Gasteiger partial charge in [0.05, 0.1) is 6.10 Å². The smallest absolute Gasteiger partial charge is 0.0593 e. The van der Waals surface area contributed by atoms with Crippen LogP contribution in [0.15, 0.2) is 18.3 Å². The molecule has 96 valence electrons. The number of rotatable bonds is 6. The van der Waals surface area contributed by atoms with Crippen LogP contribution in [0.4, 0.5) is 0 Å². The first kappa shape index (κ1) is 12.7. The van der Waals surface area contributed by atoms with Crippen LogP contribution in [0.1, 0.15) is 50.8 Å². The van der Waals surface area contributed by atoms with E-state index in [1.807, 2.05) is 6.20 Å². The van der Waals surface area contributed by atoms with Crippen LogP contribution < -0.4 is 5.32 Å². The van der Waals surface area contributed by atoms with Gasteiger partial charge in [0, 0.05) is 24.5 Å². The highest BCUT2D eigenvalue weighted by atomic mass is 16.5. The molecular formula is C14H24N2O. The van der Waals surface area contributed by atoms with Gasteiger partial charge >= 0.3 is 0 Å². The number of H-pyrrole nitrogens is 1.